The highest BCUT2D eigenvalue weighted by Crippen LogP contribution is 2.40. The van der Waals surface area contributed by atoms with Crippen LogP contribution in [0.25, 0.3) is 28.1 Å². The Balaban J connectivity index is 0.00000180. The summed E-state index contributed by atoms with van der Waals surface area (Å²) in [5.41, 5.74) is 6.56. The Morgan fingerprint density at radius 1 is 1.08 bits per heavy atom. The fourth-order valence-corrected chi connectivity index (χ4v) is 4.29. The van der Waals surface area contributed by atoms with E-state index in [2.05, 4.69) is 15.2 Å². The van der Waals surface area contributed by atoms with E-state index in [1.54, 1.807) is 12.1 Å². The second-order valence-corrected chi connectivity index (χ2v) is 8.17. The van der Waals surface area contributed by atoms with Crippen molar-refractivity contribution in [2.75, 3.05) is 20.2 Å². The number of nitrogens with zero attached hydrogens (tertiary/aromatic N) is 5. The van der Waals surface area contributed by atoms with Crippen molar-refractivity contribution >= 4 is 41.4 Å². The van der Waals surface area contributed by atoms with Gasteiger partial charge in [-0.1, -0.05) is 12.1 Å². The third kappa shape index (κ3) is 4.90. The predicted molar refractivity (Wildman–Crippen MR) is 128 cm³/mol. The molecule has 3 aromatic heterocycles. The Labute approximate surface area is 214 Å². The summed E-state index contributed by atoms with van der Waals surface area (Å²) in [6.07, 6.45) is -4.92. The molecule has 36 heavy (non-hydrogen) atoms. The number of benzene rings is 1. The van der Waals surface area contributed by atoms with Crippen LogP contribution in [0.2, 0.25) is 0 Å². The Hall–Kier alpha value is -2.80. The van der Waals surface area contributed by atoms with Gasteiger partial charge in [0.15, 0.2) is 23.0 Å². The lowest BCUT2D eigenvalue weighted by molar-refractivity contribution is -0.184. The first-order valence-electron chi connectivity index (χ1n) is 10.4. The average molecular weight is 551 g/mol. The predicted octanol–water partition coefficient (Wildman–Crippen LogP) is 4.52. The van der Waals surface area contributed by atoms with Crippen molar-refractivity contribution in [2.24, 2.45) is 5.73 Å². The first-order valence-corrected chi connectivity index (χ1v) is 10.4. The number of likely N-dealkylation sites (tertiary alicyclic amines) is 1. The maximum Gasteiger partial charge on any atom is 0.408 e. The van der Waals surface area contributed by atoms with Crippen LogP contribution in [0, 0.1) is 5.82 Å². The molecule has 1 aliphatic rings. The number of methoxy groups -OCH3 is 1. The molecule has 0 spiro atoms. The number of nitrogens with two attached hydrogens (primary N) is 1. The normalized spacial score (nSPS) is 19.2. The molecule has 1 aromatic carbocycles. The van der Waals surface area contributed by atoms with Gasteiger partial charge in [-0.25, -0.2) is 13.8 Å². The van der Waals surface area contributed by atoms with Crippen LogP contribution < -0.4 is 10.5 Å². The smallest absolute Gasteiger partial charge is 0.408 e. The first-order chi connectivity index (χ1) is 16.2. The standard InChI is InChI=1S/C22H19F5N6O.2ClH/c1-34-18-7-17-11(6-13(18)23)2-4-16(29-17)21-31-30-19-5-3-12(8-33(19)21)20(22(25,26)27)32-9-14(24)15(28)10-32;;/h2-8,14-15,20H,9-10,28H2,1H3;2*1H/t14-,15-,20-;;/m1../s1. The van der Waals surface area contributed by atoms with Crippen LogP contribution in [0.4, 0.5) is 22.0 Å². The minimum absolute atomic E-state index is 0. The summed E-state index contributed by atoms with van der Waals surface area (Å²) >= 11 is 0. The van der Waals surface area contributed by atoms with Crippen LogP contribution in [-0.2, 0) is 0 Å². The summed E-state index contributed by atoms with van der Waals surface area (Å²) < 4.78 is 76.4. The molecule has 0 saturated carbocycles. The molecule has 0 radical (unpaired) electrons. The number of rotatable bonds is 4. The van der Waals surface area contributed by atoms with Crippen molar-refractivity contribution in [3.63, 3.8) is 0 Å². The van der Waals surface area contributed by atoms with E-state index in [0.717, 1.165) is 4.90 Å². The summed E-state index contributed by atoms with van der Waals surface area (Å²) in [5, 5.41) is 8.62. The van der Waals surface area contributed by atoms with Crippen molar-refractivity contribution in [1.82, 2.24) is 24.5 Å². The van der Waals surface area contributed by atoms with Crippen LogP contribution >= 0.6 is 24.8 Å². The highest BCUT2D eigenvalue weighted by molar-refractivity contribution is 5.85. The molecule has 1 saturated heterocycles. The fourth-order valence-electron chi connectivity index (χ4n) is 4.29. The van der Waals surface area contributed by atoms with Crippen molar-refractivity contribution in [2.45, 2.75) is 24.4 Å². The number of halogens is 7. The quantitative estimate of drug-likeness (QED) is 0.376. The molecule has 0 unspecified atom stereocenters. The lowest BCUT2D eigenvalue weighted by Crippen LogP contribution is -2.38. The van der Waals surface area contributed by atoms with Gasteiger partial charge >= 0.3 is 6.18 Å². The molecule has 4 heterocycles. The van der Waals surface area contributed by atoms with Crippen molar-refractivity contribution in [3.05, 3.63) is 54.0 Å². The number of fused-ring (bicyclic) bond motifs is 2. The Bertz CT molecular complexity index is 1370. The Morgan fingerprint density at radius 2 is 1.83 bits per heavy atom. The van der Waals surface area contributed by atoms with E-state index in [1.165, 1.54) is 42.0 Å². The highest BCUT2D eigenvalue weighted by atomic mass is 35.5. The molecule has 4 aromatic rings. The lowest BCUT2D eigenvalue weighted by Gasteiger charge is -2.29. The minimum Gasteiger partial charge on any atom is -0.494 e. The van der Waals surface area contributed by atoms with Gasteiger partial charge in [0.25, 0.3) is 0 Å². The molecule has 0 aliphatic carbocycles. The molecule has 0 bridgehead atoms. The van der Waals surface area contributed by atoms with Gasteiger partial charge in [-0.15, -0.1) is 35.0 Å². The molecule has 2 N–H and O–H groups in total. The van der Waals surface area contributed by atoms with Crippen LogP contribution in [0.5, 0.6) is 5.75 Å². The van der Waals surface area contributed by atoms with Crippen LogP contribution in [0.1, 0.15) is 11.6 Å². The number of aromatic nitrogens is 4. The van der Waals surface area contributed by atoms with Gasteiger partial charge in [0.1, 0.15) is 17.9 Å². The van der Waals surface area contributed by atoms with Crippen LogP contribution in [0.15, 0.2) is 42.6 Å². The molecule has 14 heteroatoms. The summed E-state index contributed by atoms with van der Waals surface area (Å²) in [7, 11) is 1.33. The van der Waals surface area contributed by atoms with Crippen LogP contribution in [-0.4, -0.2) is 63.1 Å². The van der Waals surface area contributed by atoms with E-state index in [9.17, 15) is 22.0 Å². The number of hydrogen-bond acceptors (Lipinski definition) is 6. The van der Waals surface area contributed by atoms with E-state index >= 15 is 0 Å². The molecule has 7 nitrogen and oxygen atoms in total. The Kier molecular flexibility index (Phi) is 7.94. The summed E-state index contributed by atoms with van der Waals surface area (Å²) in [6.45, 7) is -0.633. The van der Waals surface area contributed by atoms with Crippen molar-refractivity contribution in [3.8, 4) is 17.3 Å². The monoisotopic (exact) mass is 550 g/mol. The number of pyridine rings is 2. The SMILES string of the molecule is COc1cc2nc(-c3nnc4ccc([C@@H](N5C[C@@H](N)[C@H](F)C5)C(F)(F)F)cn34)ccc2cc1F.Cl.Cl. The van der Waals surface area contributed by atoms with Gasteiger partial charge in [0.2, 0.25) is 0 Å². The molecule has 194 valence electrons. The molecular formula is C22H21Cl2F5N6O. The third-order valence-electron chi connectivity index (χ3n) is 5.93. The van der Waals surface area contributed by atoms with Gasteiger partial charge < -0.3 is 10.5 Å². The zero-order chi connectivity index (χ0) is 24.2. The van der Waals surface area contributed by atoms with E-state index in [-0.39, 0.29) is 48.5 Å². The molecule has 1 fully saturated rings. The fraction of sp³-hybridized carbons (Fsp3) is 0.318. The van der Waals surface area contributed by atoms with Gasteiger partial charge in [-0.05, 0) is 23.8 Å². The second-order valence-electron chi connectivity index (χ2n) is 8.17. The number of ether oxygens (including phenoxy) is 1. The van der Waals surface area contributed by atoms with Gasteiger partial charge in [0, 0.05) is 36.8 Å². The Morgan fingerprint density at radius 3 is 2.47 bits per heavy atom. The third-order valence-corrected chi connectivity index (χ3v) is 5.93. The van der Waals surface area contributed by atoms with Gasteiger partial charge in [-0.3, -0.25) is 9.30 Å². The maximum absolute atomic E-state index is 14.0. The number of alkyl halides is 4. The van der Waals surface area contributed by atoms with E-state index < -0.39 is 36.8 Å². The van der Waals surface area contributed by atoms with Crippen molar-refractivity contribution in [1.29, 1.82) is 0 Å². The zero-order valence-electron chi connectivity index (χ0n) is 18.6. The molecule has 3 atom stereocenters. The maximum atomic E-state index is 14.0. The molecular weight excluding hydrogens is 530 g/mol. The van der Waals surface area contributed by atoms with E-state index in [0.29, 0.717) is 22.2 Å². The van der Waals surface area contributed by atoms with Crippen molar-refractivity contribution < 1.29 is 26.7 Å². The first kappa shape index (κ1) is 27.8. The summed E-state index contributed by atoms with van der Waals surface area (Å²) in [4.78, 5) is 5.47. The minimum atomic E-state index is -4.66. The lowest BCUT2D eigenvalue weighted by atomic mass is 10.1. The summed E-state index contributed by atoms with van der Waals surface area (Å²) in [5.74, 6) is -0.338. The largest absolute Gasteiger partial charge is 0.494 e. The summed E-state index contributed by atoms with van der Waals surface area (Å²) in [6, 6.07) is 5.57. The topological polar surface area (TPSA) is 81.6 Å². The number of hydrogen-bond donors (Lipinski definition) is 1. The average Bonchev–Trinajstić information content (AvgIpc) is 3.34. The highest BCUT2D eigenvalue weighted by Gasteiger charge is 2.48. The van der Waals surface area contributed by atoms with Gasteiger partial charge in [0.05, 0.1) is 12.6 Å². The van der Waals surface area contributed by atoms with E-state index in [4.69, 9.17) is 10.5 Å². The molecule has 5 rings (SSSR count). The van der Waals surface area contributed by atoms with E-state index in [1.807, 2.05) is 0 Å². The van der Waals surface area contributed by atoms with Crippen LogP contribution in [0.3, 0.4) is 0 Å². The van der Waals surface area contributed by atoms with Gasteiger partial charge in [-0.2, -0.15) is 13.2 Å². The molecule has 0 amide bonds. The molecule has 1 aliphatic heterocycles. The second kappa shape index (κ2) is 10.3. The zero-order valence-corrected chi connectivity index (χ0v) is 20.2.